The molecule has 0 aliphatic heterocycles. The molecule has 0 spiro atoms. The minimum atomic E-state index is 0.762. The van der Waals surface area contributed by atoms with E-state index in [0.717, 1.165) is 33.3 Å². The van der Waals surface area contributed by atoms with Crippen molar-refractivity contribution in [1.29, 1.82) is 0 Å². The van der Waals surface area contributed by atoms with Gasteiger partial charge in [-0.25, -0.2) is 9.97 Å². The summed E-state index contributed by atoms with van der Waals surface area (Å²) >= 11 is 0. The number of nitrogens with zero attached hydrogens (tertiary/aromatic N) is 2. The molecule has 2 aromatic heterocycles. The van der Waals surface area contributed by atoms with Crippen LogP contribution in [-0.2, 0) is 0 Å². The highest BCUT2D eigenvalue weighted by molar-refractivity contribution is 6.04. The van der Waals surface area contributed by atoms with Gasteiger partial charge in [0.25, 0.3) is 0 Å². The van der Waals surface area contributed by atoms with Gasteiger partial charge in [-0.2, -0.15) is 0 Å². The maximum absolute atomic E-state index is 4.69. The van der Waals surface area contributed by atoms with Gasteiger partial charge in [0.2, 0.25) is 0 Å². The number of benzene rings is 2. The van der Waals surface area contributed by atoms with Crippen molar-refractivity contribution in [3.8, 4) is 11.4 Å². The Morgan fingerprint density at radius 1 is 0.789 bits per heavy atom. The zero-order valence-corrected chi connectivity index (χ0v) is 10.2. The molecule has 90 valence electrons. The highest BCUT2D eigenvalue weighted by Crippen LogP contribution is 2.25. The maximum Gasteiger partial charge on any atom is 0.159 e. The molecule has 3 heteroatoms. The van der Waals surface area contributed by atoms with E-state index in [2.05, 4.69) is 22.1 Å². The van der Waals surface area contributed by atoms with Crippen LogP contribution in [0, 0.1) is 0 Å². The fourth-order valence-electron chi connectivity index (χ4n) is 2.35. The van der Waals surface area contributed by atoms with Gasteiger partial charge in [0.15, 0.2) is 5.82 Å². The standard InChI is InChI=1S/C16H11N3/c1-2-6-11(7-3-1)16-17-10-14-15(19-16)12-8-4-5-9-13(12)18-14/h1-10,18H. The van der Waals surface area contributed by atoms with E-state index in [0.29, 0.717) is 0 Å². The predicted octanol–water partition coefficient (Wildman–Crippen LogP) is 3.78. The summed E-state index contributed by atoms with van der Waals surface area (Å²) in [6.07, 6.45) is 1.85. The average molecular weight is 245 g/mol. The molecule has 4 rings (SSSR count). The number of hydrogen-bond donors (Lipinski definition) is 1. The number of nitrogens with one attached hydrogen (secondary N) is 1. The highest BCUT2D eigenvalue weighted by atomic mass is 14.9. The summed E-state index contributed by atoms with van der Waals surface area (Å²) in [5.41, 5.74) is 4.08. The third kappa shape index (κ3) is 1.59. The molecule has 1 N–H and O–H groups in total. The van der Waals surface area contributed by atoms with Crippen molar-refractivity contribution in [3.63, 3.8) is 0 Å². The summed E-state index contributed by atoms with van der Waals surface area (Å²) in [6, 6.07) is 18.2. The molecule has 19 heavy (non-hydrogen) atoms. The maximum atomic E-state index is 4.69. The van der Waals surface area contributed by atoms with Crippen molar-refractivity contribution < 1.29 is 0 Å². The molecule has 4 aromatic rings. The molecule has 2 heterocycles. The van der Waals surface area contributed by atoms with Gasteiger partial charge in [-0.1, -0.05) is 48.5 Å². The van der Waals surface area contributed by atoms with Gasteiger partial charge < -0.3 is 4.98 Å². The second-order valence-electron chi connectivity index (χ2n) is 4.49. The van der Waals surface area contributed by atoms with E-state index in [4.69, 9.17) is 4.98 Å². The first kappa shape index (κ1) is 10.3. The van der Waals surface area contributed by atoms with Crippen molar-refractivity contribution in [2.24, 2.45) is 0 Å². The number of hydrogen-bond acceptors (Lipinski definition) is 2. The average Bonchev–Trinajstić information content (AvgIpc) is 2.86. The van der Waals surface area contributed by atoms with Crippen molar-refractivity contribution in [1.82, 2.24) is 15.0 Å². The zero-order chi connectivity index (χ0) is 12.7. The number of fused-ring (bicyclic) bond motifs is 3. The summed E-state index contributed by atoms with van der Waals surface area (Å²) in [5, 5.41) is 1.14. The van der Waals surface area contributed by atoms with E-state index in [1.54, 1.807) is 0 Å². The van der Waals surface area contributed by atoms with Gasteiger partial charge >= 0.3 is 0 Å². The van der Waals surface area contributed by atoms with Crippen LogP contribution >= 0.6 is 0 Å². The molecule has 0 atom stereocenters. The van der Waals surface area contributed by atoms with Gasteiger partial charge in [0.05, 0.1) is 17.2 Å². The number of aromatic nitrogens is 3. The van der Waals surface area contributed by atoms with E-state index in [-0.39, 0.29) is 0 Å². The van der Waals surface area contributed by atoms with Gasteiger partial charge in [0.1, 0.15) is 0 Å². The van der Waals surface area contributed by atoms with Crippen LogP contribution in [-0.4, -0.2) is 15.0 Å². The molecule has 0 amide bonds. The minimum Gasteiger partial charge on any atom is -0.352 e. The molecule has 0 unspecified atom stereocenters. The molecule has 0 aliphatic rings. The summed E-state index contributed by atoms with van der Waals surface area (Å²) in [6.45, 7) is 0. The second kappa shape index (κ2) is 3.92. The Morgan fingerprint density at radius 2 is 1.58 bits per heavy atom. The van der Waals surface area contributed by atoms with Crippen molar-refractivity contribution in [2.45, 2.75) is 0 Å². The van der Waals surface area contributed by atoms with Crippen molar-refractivity contribution >= 4 is 21.9 Å². The SMILES string of the molecule is c1ccc(-c2ncc3[nH]c4ccccc4c3n2)cc1. The molecular weight excluding hydrogens is 234 g/mol. The molecular formula is C16H11N3. The molecule has 0 fully saturated rings. The van der Waals surface area contributed by atoms with Crippen LogP contribution in [0.1, 0.15) is 0 Å². The Hall–Kier alpha value is -2.68. The molecule has 0 bridgehead atoms. The molecule has 0 radical (unpaired) electrons. The smallest absolute Gasteiger partial charge is 0.159 e. The monoisotopic (exact) mass is 245 g/mol. The van der Waals surface area contributed by atoms with E-state index < -0.39 is 0 Å². The lowest BCUT2D eigenvalue weighted by atomic mass is 10.2. The van der Waals surface area contributed by atoms with E-state index >= 15 is 0 Å². The quantitative estimate of drug-likeness (QED) is 0.554. The number of para-hydroxylation sites is 1. The third-order valence-electron chi connectivity index (χ3n) is 3.27. The zero-order valence-electron chi connectivity index (χ0n) is 10.2. The molecule has 0 saturated carbocycles. The second-order valence-corrected chi connectivity index (χ2v) is 4.49. The van der Waals surface area contributed by atoms with E-state index in [1.807, 2.05) is 48.7 Å². The van der Waals surface area contributed by atoms with E-state index in [9.17, 15) is 0 Å². The first-order chi connectivity index (χ1) is 9.42. The topological polar surface area (TPSA) is 41.6 Å². The largest absolute Gasteiger partial charge is 0.352 e. The Bertz CT molecular complexity index is 863. The predicted molar refractivity (Wildman–Crippen MR) is 76.8 cm³/mol. The van der Waals surface area contributed by atoms with Crippen LogP contribution in [0.25, 0.3) is 33.3 Å². The first-order valence-electron chi connectivity index (χ1n) is 6.21. The lowest BCUT2D eigenvalue weighted by Gasteiger charge is -1.99. The van der Waals surface area contributed by atoms with Crippen LogP contribution in [0.4, 0.5) is 0 Å². The van der Waals surface area contributed by atoms with Crippen LogP contribution in [0.3, 0.4) is 0 Å². The molecule has 2 aromatic carbocycles. The summed E-state index contributed by atoms with van der Waals surface area (Å²) in [5.74, 6) is 0.762. The molecule has 0 aliphatic carbocycles. The van der Waals surface area contributed by atoms with Gasteiger partial charge in [-0.15, -0.1) is 0 Å². The Balaban J connectivity index is 2.03. The number of aromatic amines is 1. The lowest BCUT2D eigenvalue weighted by Crippen LogP contribution is -1.88. The summed E-state index contributed by atoms with van der Waals surface area (Å²) in [7, 11) is 0. The molecule has 3 nitrogen and oxygen atoms in total. The summed E-state index contributed by atoms with van der Waals surface area (Å²) < 4.78 is 0. The third-order valence-corrected chi connectivity index (χ3v) is 3.27. The highest BCUT2D eigenvalue weighted by Gasteiger charge is 2.07. The van der Waals surface area contributed by atoms with Crippen molar-refractivity contribution in [3.05, 3.63) is 60.8 Å². The normalized spacial score (nSPS) is 11.2. The van der Waals surface area contributed by atoms with Gasteiger partial charge in [-0.3, -0.25) is 0 Å². The Morgan fingerprint density at radius 3 is 2.47 bits per heavy atom. The van der Waals surface area contributed by atoms with Crippen LogP contribution in [0.15, 0.2) is 60.8 Å². The Kier molecular flexibility index (Phi) is 2.12. The van der Waals surface area contributed by atoms with Crippen molar-refractivity contribution in [2.75, 3.05) is 0 Å². The van der Waals surface area contributed by atoms with Gasteiger partial charge in [0, 0.05) is 16.5 Å². The van der Waals surface area contributed by atoms with E-state index in [1.165, 1.54) is 0 Å². The van der Waals surface area contributed by atoms with Crippen LogP contribution in [0.5, 0.6) is 0 Å². The number of H-pyrrole nitrogens is 1. The fraction of sp³-hybridized carbons (Fsp3) is 0. The lowest BCUT2D eigenvalue weighted by molar-refractivity contribution is 1.22. The van der Waals surface area contributed by atoms with Crippen LogP contribution in [0.2, 0.25) is 0 Å². The van der Waals surface area contributed by atoms with Gasteiger partial charge in [-0.05, 0) is 6.07 Å². The number of rotatable bonds is 1. The first-order valence-corrected chi connectivity index (χ1v) is 6.21. The fourth-order valence-corrected chi connectivity index (χ4v) is 2.35. The minimum absolute atomic E-state index is 0.762. The molecule has 0 saturated heterocycles. The summed E-state index contributed by atoms with van der Waals surface area (Å²) in [4.78, 5) is 12.5. The Labute approximate surface area is 110 Å². The van der Waals surface area contributed by atoms with Crippen LogP contribution < -0.4 is 0 Å².